The lowest BCUT2D eigenvalue weighted by Gasteiger charge is -2.05. The van der Waals surface area contributed by atoms with Crippen LogP contribution in [0.25, 0.3) is 27.5 Å². The largest absolute Gasteiger partial charge is 0.296 e. The molecule has 0 aliphatic heterocycles. The van der Waals surface area contributed by atoms with Crippen molar-refractivity contribution in [3.63, 3.8) is 0 Å². The summed E-state index contributed by atoms with van der Waals surface area (Å²) in [7, 11) is 0. The van der Waals surface area contributed by atoms with Gasteiger partial charge in [-0.15, -0.1) is 11.3 Å². The van der Waals surface area contributed by atoms with Crippen LogP contribution in [0.2, 0.25) is 0 Å². The standard InChI is InChI=1S/C20H15FN2OS/c1-12-3-5-14(6-4-12)18-17(11-24)23-19(13(2)25-20(23)22-18)15-7-9-16(21)10-8-15/h3-11H,1-2H3. The molecule has 4 aromatic rings. The van der Waals surface area contributed by atoms with E-state index in [9.17, 15) is 9.18 Å². The van der Waals surface area contributed by atoms with Crippen molar-refractivity contribution in [2.24, 2.45) is 0 Å². The van der Waals surface area contributed by atoms with Gasteiger partial charge < -0.3 is 0 Å². The molecule has 0 aliphatic carbocycles. The molecule has 0 saturated carbocycles. The number of rotatable bonds is 3. The molecule has 0 N–H and O–H groups in total. The molecular formula is C20H15FN2OS. The van der Waals surface area contributed by atoms with Crippen molar-refractivity contribution in [3.05, 3.63) is 70.5 Å². The van der Waals surface area contributed by atoms with Gasteiger partial charge in [-0.05, 0) is 43.7 Å². The predicted molar refractivity (Wildman–Crippen MR) is 98.8 cm³/mol. The molecule has 0 atom stereocenters. The van der Waals surface area contributed by atoms with Crippen LogP contribution >= 0.6 is 11.3 Å². The van der Waals surface area contributed by atoms with E-state index in [1.54, 1.807) is 12.1 Å². The third-order valence-electron chi connectivity index (χ3n) is 4.24. The number of thiazole rings is 1. The smallest absolute Gasteiger partial charge is 0.195 e. The highest BCUT2D eigenvalue weighted by Crippen LogP contribution is 2.35. The molecule has 124 valence electrons. The first-order chi connectivity index (χ1) is 12.1. The molecule has 3 nitrogen and oxygen atoms in total. The molecule has 0 saturated heterocycles. The second-order valence-electron chi connectivity index (χ2n) is 5.96. The lowest BCUT2D eigenvalue weighted by atomic mass is 10.1. The summed E-state index contributed by atoms with van der Waals surface area (Å²) in [6.45, 7) is 4.00. The van der Waals surface area contributed by atoms with Crippen LogP contribution in [0.5, 0.6) is 0 Å². The number of aryl methyl sites for hydroxylation is 2. The number of carbonyl (C=O) groups is 1. The first-order valence-electron chi connectivity index (χ1n) is 7.88. The number of aldehydes is 1. The Morgan fingerprint density at radius 1 is 1.00 bits per heavy atom. The van der Waals surface area contributed by atoms with Crippen LogP contribution in [0.3, 0.4) is 0 Å². The zero-order valence-electron chi connectivity index (χ0n) is 13.8. The fourth-order valence-electron chi connectivity index (χ4n) is 3.01. The Balaban J connectivity index is 1.99. The van der Waals surface area contributed by atoms with Crippen LogP contribution in [-0.4, -0.2) is 15.7 Å². The third kappa shape index (κ3) is 2.57. The maximum Gasteiger partial charge on any atom is 0.195 e. The van der Waals surface area contributed by atoms with Gasteiger partial charge in [0.15, 0.2) is 11.2 Å². The lowest BCUT2D eigenvalue weighted by Crippen LogP contribution is -1.95. The van der Waals surface area contributed by atoms with Crippen molar-refractivity contribution in [2.45, 2.75) is 13.8 Å². The summed E-state index contributed by atoms with van der Waals surface area (Å²) in [6, 6.07) is 14.3. The summed E-state index contributed by atoms with van der Waals surface area (Å²) in [6.07, 6.45) is 0.842. The SMILES string of the molecule is Cc1ccc(-c2nc3sc(C)c(-c4ccc(F)cc4)n3c2C=O)cc1. The highest BCUT2D eigenvalue weighted by atomic mass is 32.1. The van der Waals surface area contributed by atoms with E-state index in [0.29, 0.717) is 11.4 Å². The monoisotopic (exact) mass is 350 g/mol. The van der Waals surface area contributed by atoms with Gasteiger partial charge in [-0.25, -0.2) is 9.37 Å². The first-order valence-corrected chi connectivity index (χ1v) is 8.70. The van der Waals surface area contributed by atoms with E-state index >= 15 is 0 Å². The van der Waals surface area contributed by atoms with E-state index in [1.807, 2.05) is 42.5 Å². The highest BCUT2D eigenvalue weighted by molar-refractivity contribution is 7.17. The molecule has 0 radical (unpaired) electrons. The minimum absolute atomic E-state index is 0.283. The average molecular weight is 350 g/mol. The van der Waals surface area contributed by atoms with Crippen molar-refractivity contribution in [3.8, 4) is 22.5 Å². The summed E-state index contributed by atoms with van der Waals surface area (Å²) < 4.78 is 15.1. The Hall–Kier alpha value is -2.79. The van der Waals surface area contributed by atoms with Gasteiger partial charge in [-0.2, -0.15) is 0 Å². The molecule has 2 aromatic carbocycles. The molecule has 0 unspecified atom stereocenters. The fourth-order valence-corrected chi connectivity index (χ4v) is 4.01. The fraction of sp³-hybridized carbons (Fsp3) is 0.100. The van der Waals surface area contributed by atoms with Crippen molar-refractivity contribution < 1.29 is 9.18 Å². The number of aromatic nitrogens is 2. The van der Waals surface area contributed by atoms with Gasteiger partial charge in [0.1, 0.15) is 17.2 Å². The van der Waals surface area contributed by atoms with Gasteiger partial charge in [0.25, 0.3) is 0 Å². The van der Waals surface area contributed by atoms with E-state index < -0.39 is 0 Å². The summed E-state index contributed by atoms with van der Waals surface area (Å²) in [5, 5.41) is 0. The van der Waals surface area contributed by atoms with E-state index in [-0.39, 0.29) is 5.82 Å². The third-order valence-corrected chi connectivity index (χ3v) is 5.19. The molecule has 4 rings (SSSR count). The number of carbonyl (C=O) groups excluding carboxylic acids is 1. The quantitative estimate of drug-likeness (QED) is 0.470. The molecule has 2 heterocycles. The Bertz CT molecular complexity index is 1080. The number of hydrogen-bond acceptors (Lipinski definition) is 3. The number of fused-ring (bicyclic) bond motifs is 1. The topological polar surface area (TPSA) is 34.4 Å². The summed E-state index contributed by atoms with van der Waals surface area (Å²) in [4.78, 5) is 18.4. The normalized spacial score (nSPS) is 11.2. The van der Waals surface area contributed by atoms with E-state index in [1.165, 1.54) is 23.5 Å². The Kier molecular flexibility index (Phi) is 3.73. The predicted octanol–water partition coefficient (Wildman–Crippen LogP) is 5.30. The molecule has 25 heavy (non-hydrogen) atoms. The van der Waals surface area contributed by atoms with E-state index in [2.05, 4.69) is 4.98 Å². The van der Waals surface area contributed by atoms with Gasteiger partial charge in [-0.3, -0.25) is 9.20 Å². The van der Waals surface area contributed by atoms with E-state index in [0.717, 1.165) is 38.5 Å². The maximum atomic E-state index is 13.3. The van der Waals surface area contributed by atoms with Crippen LogP contribution in [-0.2, 0) is 0 Å². The molecule has 0 fully saturated rings. The minimum Gasteiger partial charge on any atom is -0.296 e. The van der Waals surface area contributed by atoms with Crippen molar-refractivity contribution in [1.29, 1.82) is 0 Å². The van der Waals surface area contributed by atoms with E-state index in [4.69, 9.17) is 0 Å². The van der Waals surface area contributed by atoms with Gasteiger partial charge >= 0.3 is 0 Å². The molecule has 0 bridgehead atoms. The number of halogens is 1. The average Bonchev–Trinajstić information content (AvgIpc) is 3.11. The van der Waals surface area contributed by atoms with Gasteiger partial charge in [0.2, 0.25) is 0 Å². The molecule has 5 heteroatoms. The van der Waals surface area contributed by atoms with Crippen LogP contribution in [0.4, 0.5) is 4.39 Å². The first kappa shape index (κ1) is 15.7. The molecule has 0 spiro atoms. The lowest BCUT2D eigenvalue weighted by molar-refractivity contribution is 0.111. The van der Waals surface area contributed by atoms with Crippen LogP contribution < -0.4 is 0 Å². The second-order valence-corrected chi connectivity index (χ2v) is 7.14. The van der Waals surface area contributed by atoms with Crippen LogP contribution in [0.15, 0.2) is 48.5 Å². The van der Waals surface area contributed by atoms with Crippen molar-refractivity contribution in [2.75, 3.05) is 0 Å². The molecule has 0 aliphatic rings. The summed E-state index contributed by atoms with van der Waals surface area (Å²) in [5.74, 6) is -0.283. The maximum absolute atomic E-state index is 13.3. The molecular weight excluding hydrogens is 335 g/mol. The minimum atomic E-state index is -0.283. The highest BCUT2D eigenvalue weighted by Gasteiger charge is 2.20. The van der Waals surface area contributed by atoms with Crippen molar-refractivity contribution >= 4 is 22.6 Å². The number of benzene rings is 2. The summed E-state index contributed by atoms with van der Waals surface area (Å²) >= 11 is 1.53. The number of hydrogen-bond donors (Lipinski definition) is 0. The van der Waals surface area contributed by atoms with Gasteiger partial charge in [-0.1, -0.05) is 29.8 Å². The van der Waals surface area contributed by atoms with Crippen LogP contribution in [0.1, 0.15) is 20.9 Å². The second kappa shape index (κ2) is 5.93. The zero-order chi connectivity index (χ0) is 17.6. The Morgan fingerprint density at radius 2 is 1.64 bits per heavy atom. The Labute approximate surface area is 148 Å². The molecule has 0 amide bonds. The van der Waals surface area contributed by atoms with Gasteiger partial charge in [0.05, 0.1) is 5.69 Å². The summed E-state index contributed by atoms with van der Waals surface area (Å²) in [5.41, 5.74) is 4.99. The number of imidazole rings is 1. The van der Waals surface area contributed by atoms with Crippen LogP contribution in [0, 0.1) is 19.7 Å². The zero-order valence-corrected chi connectivity index (χ0v) is 14.6. The van der Waals surface area contributed by atoms with Gasteiger partial charge in [0, 0.05) is 10.4 Å². The van der Waals surface area contributed by atoms with Crippen molar-refractivity contribution in [1.82, 2.24) is 9.38 Å². The Morgan fingerprint density at radius 3 is 2.28 bits per heavy atom. The molecule has 2 aromatic heterocycles. The number of nitrogens with zero attached hydrogens (tertiary/aromatic N) is 2.